The van der Waals surface area contributed by atoms with Crippen LogP contribution < -0.4 is 10.6 Å². The second kappa shape index (κ2) is 7.28. The minimum absolute atomic E-state index is 0.0984. The molecule has 0 saturated carbocycles. The van der Waals surface area contributed by atoms with Crippen molar-refractivity contribution >= 4 is 28.7 Å². The molecule has 1 atom stereocenters. The first-order valence-electron chi connectivity index (χ1n) is 5.88. The highest BCUT2D eigenvalue weighted by atomic mass is 32.1. The molecule has 2 rings (SSSR count). The van der Waals surface area contributed by atoms with Crippen LogP contribution in [0.15, 0.2) is 34.3 Å². The van der Waals surface area contributed by atoms with E-state index in [1.54, 1.807) is 29.8 Å². The summed E-state index contributed by atoms with van der Waals surface area (Å²) >= 11 is 3.25. The van der Waals surface area contributed by atoms with Gasteiger partial charge in [-0.1, -0.05) is 6.07 Å². The highest BCUT2D eigenvalue weighted by molar-refractivity contribution is 7.09. The smallest absolute Gasteiger partial charge is 0.315 e. The van der Waals surface area contributed by atoms with Gasteiger partial charge in [-0.3, -0.25) is 0 Å². The van der Waals surface area contributed by atoms with Crippen LogP contribution >= 0.6 is 22.7 Å². The van der Waals surface area contributed by atoms with Crippen LogP contribution in [-0.2, 0) is 11.3 Å². The molecule has 2 aromatic heterocycles. The normalized spacial score (nSPS) is 12.1. The van der Waals surface area contributed by atoms with E-state index >= 15 is 0 Å². The lowest BCUT2D eigenvalue weighted by Crippen LogP contribution is -2.37. The quantitative estimate of drug-likeness (QED) is 0.861. The van der Waals surface area contributed by atoms with Gasteiger partial charge >= 0.3 is 6.03 Å². The van der Waals surface area contributed by atoms with Gasteiger partial charge in [0.15, 0.2) is 0 Å². The Bertz CT molecular complexity index is 483. The third-order valence-corrected chi connectivity index (χ3v) is 4.23. The molecule has 19 heavy (non-hydrogen) atoms. The number of hydrogen-bond acceptors (Lipinski definition) is 4. The van der Waals surface area contributed by atoms with Gasteiger partial charge in [0, 0.05) is 18.5 Å². The molecule has 0 aliphatic heterocycles. The van der Waals surface area contributed by atoms with Gasteiger partial charge in [-0.2, -0.15) is 11.3 Å². The zero-order valence-electron chi connectivity index (χ0n) is 10.6. The average molecular weight is 296 g/mol. The Morgan fingerprint density at radius 3 is 2.89 bits per heavy atom. The Kier molecular flexibility index (Phi) is 5.38. The number of methoxy groups -OCH3 is 1. The minimum Gasteiger partial charge on any atom is -0.375 e. The minimum atomic E-state index is -0.175. The summed E-state index contributed by atoms with van der Waals surface area (Å²) in [7, 11) is 1.65. The summed E-state index contributed by atoms with van der Waals surface area (Å²) in [6, 6.07) is 5.79. The van der Waals surface area contributed by atoms with Gasteiger partial charge in [0.2, 0.25) is 0 Å². The highest BCUT2D eigenvalue weighted by Crippen LogP contribution is 2.18. The summed E-state index contributed by atoms with van der Waals surface area (Å²) in [4.78, 5) is 12.8. The van der Waals surface area contributed by atoms with Crippen molar-refractivity contribution in [2.45, 2.75) is 12.6 Å². The molecule has 0 fully saturated rings. The molecule has 2 amide bonds. The second-order valence-corrected chi connectivity index (χ2v) is 5.74. The Morgan fingerprint density at radius 2 is 2.26 bits per heavy atom. The van der Waals surface area contributed by atoms with Gasteiger partial charge in [-0.05, 0) is 33.8 Å². The van der Waals surface area contributed by atoms with E-state index in [4.69, 9.17) is 4.74 Å². The van der Waals surface area contributed by atoms with E-state index in [2.05, 4.69) is 10.6 Å². The molecule has 2 heterocycles. The molecule has 6 heteroatoms. The zero-order chi connectivity index (χ0) is 13.5. The molecular weight excluding hydrogens is 280 g/mol. The molecule has 2 aromatic rings. The molecule has 0 aliphatic carbocycles. The molecule has 4 nitrogen and oxygen atoms in total. The van der Waals surface area contributed by atoms with Crippen molar-refractivity contribution in [3.63, 3.8) is 0 Å². The van der Waals surface area contributed by atoms with Crippen LogP contribution in [0.1, 0.15) is 16.5 Å². The van der Waals surface area contributed by atoms with Crippen LogP contribution in [0.2, 0.25) is 0 Å². The van der Waals surface area contributed by atoms with E-state index < -0.39 is 0 Å². The Labute approximate surface area is 120 Å². The van der Waals surface area contributed by atoms with E-state index in [0.29, 0.717) is 13.1 Å². The van der Waals surface area contributed by atoms with E-state index in [9.17, 15) is 4.79 Å². The van der Waals surface area contributed by atoms with E-state index in [1.165, 1.54) is 0 Å². The number of thiophene rings is 2. The summed E-state index contributed by atoms with van der Waals surface area (Å²) in [6.07, 6.45) is -0.0984. The van der Waals surface area contributed by atoms with Crippen molar-refractivity contribution in [1.29, 1.82) is 0 Å². The van der Waals surface area contributed by atoms with Crippen molar-refractivity contribution in [3.8, 4) is 0 Å². The summed E-state index contributed by atoms with van der Waals surface area (Å²) in [6.45, 7) is 1.02. The van der Waals surface area contributed by atoms with Gasteiger partial charge in [0.25, 0.3) is 0 Å². The summed E-state index contributed by atoms with van der Waals surface area (Å²) in [5.41, 5.74) is 1.09. The predicted molar refractivity (Wildman–Crippen MR) is 78.6 cm³/mol. The van der Waals surface area contributed by atoms with Gasteiger partial charge in [0.05, 0.1) is 6.54 Å². The van der Waals surface area contributed by atoms with Crippen LogP contribution in [0.4, 0.5) is 4.79 Å². The van der Waals surface area contributed by atoms with Crippen LogP contribution in [-0.4, -0.2) is 19.7 Å². The SMILES string of the molecule is COC(CNC(=O)NCc1cccs1)c1ccsc1. The second-order valence-electron chi connectivity index (χ2n) is 3.92. The third kappa shape index (κ3) is 4.34. The molecule has 0 spiro atoms. The Balaban J connectivity index is 1.73. The van der Waals surface area contributed by atoms with E-state index in [-0.39, 0.29) is 12.1 Å². The average Bonchev–Trinajstić information content (AvgIpc) is 3.10. The molecule has 0 saturated heterocycles. The first-order valence-corrected chi connectivity index (χ1v) is 7.71. The molecule has 1 unspecified atom stereocenters. The number of ether oxygens (including phenoxy) is 1. The third-order valence-electron chi connectivity index (χ3n) is 2.65. The van der Waals surface area contributed by atoms with Crippen LogP contribution in [0.3, 0.4) is 0 Å². The number of nitrogens with one attached hydrogen (secondary N) is 2. The molecule has 102 valence electrons. The van der Waals surface area contributed by atoms with Crippen molar-refractivity contribution in [2.24, 2.45) is 0 Å². The largest absolute Gasteiger partial charge is 0.375 e. The molecule has 0 radical (unpaired) electrons. The fraction of sp³-hybridized carbons (Fsp3) is 0.308. The van der Waals surface area contributed by atoms with Crippen molar-refractivity contribution < 1.29 is 9.53 Å². The lowest BCUT2D eigenvalue weighted by molar-refractivity contribution is 0.104. The number of amides is 2. The van der Waals surface area contributed by atoms with E-state index in [0.717, 1.165) is 10.4 Å². The number of carbonyl (C=O) groups is 1. The van der Waals surface area contributed by atoms with Gasteiger partial charge in [0.1, 0.15) is 6.10 Å². The van der Waals surface area contributed by atoms with Crippen molar-refractivity contribution in [1.82, 2.24) is 10.6 Å². The Hall–Kier alpha value is -1.37. The van der Waals surface area contributed by atoms with Crippen LogP contribution in [0.25, 0.3) is 0 Å². The van der Waals surface area contributed by atoms with Crippen LogP contribution in [0, 0.1) is 0 Å². The number of carbonyl (C=O) groups excluding carboxylic acids is 1. The lowest BCUT2D eigenvalue weighted by atomic mass is 10.2. The topological polar surface area (TPSA) is 50.4 Å². The summed E-state index contributed by atoms with van der Waals surface area (Å²) in [5, 5.41) is 11.7. The van der Waals surface area contributed by atoms with Gasteiger partial charge < -0.3 is 15.4 Å². The van der Waals surface area contributed by atoms with Crippen molar-refractivity contribution in [3.05, 3.63) is 44.8 Å². The van der Waals surface area contributed by atoms with Crippen LogP contribution in [0.5, 0.6) is 0 Å². The molecule has 0 bridgehead atoms. The summed E-state index contributed by atoms with van der Waals surface area (Å²) < 4.78 is 5.36. The van der Waals surface area contributed by atoms with E-state index in [1.807, 2.05) is 34.3 Å². The molecule has 0 aromatic carbocycles. The van der Waals surface area contributed by atoms with Gasteiger partial charge in [-0.15, -0.1) is 11.3 Å². The van der Waals surface area contributed by atoms with Crippen molar-refractivity contribution in [2.75, 3.05) is 13.7 Å². The predicted octanol–water partition coefficient (Wildman–Crippen LogP) is 3.00. The maximum Gasteiger partial charge on any atom is 0.315 e. The first kappa shape index (κ1) is 14.0. The first-order chi connectivity index (χ1) is 9.29. The standard InChI is InChI=1S/C13H16N2O2S2/c1-17-12(10-4-6-18-9-10)8-15-13(16)14-7-11-3-2-5-19-11/h2-6,9,12H,7-8H2,1H3,(H2,14,15,16). The van der Waals surface area contributed by atoms with Gasteiger partial charge in [-0.25, -0.2) is 4.79 Å². The molecule has 0 aliphatic rings. The fourth-order valence-electron chi connectivity index (χ4n) is 1.62. The maximum absolute atomic E-state index is 11.7. The fourth-order valence-corrected chi connectivity index (χ4v) is 2.97. The maximum atomic E-state index is 11.7. The lowest BCUT2D eigenvalue weighted by Gasteiger charge is -2.15. The number of urea groups is 1. The highest BCUT2D eigenvalue weighted by Gasteiger charge is 2.12. The molecular formula is C13H16N2O2S2. The Morgan fingerprint density at radius 1 is 1.37 bits per heavy atom. The monoisotopic (exact) mass is 296 g/mol. The number of rotatable bonds is 6. The number of hydrogen-bond donors (Lipinski definition) is 2. The molecule has 2 N–H and O–H groups in total. The summed E-state index contributed by atoms with van der Waals surface area (Å²) in [5.74, 6) is 0. The zero-order valence-corrected chi connectivity index (χ0v) is 12.2.